The Labute approximate surface area is 120 Å². The maximum atomic E-state index is 2.20. The molecule has 0 heteroatoms. The summed E-state index contributed by atoms with van der Waals surface area (Å²) in [5, 5.41) is 0. The van der Waals surface area contributed by atoms with Crippen molar-refractivity contribution in [3.63, 3.8) is 0 Å². The lowest BCUT2D eigenvalue weighted by atomic mass is 10.0. The Morgan fingerprint density at radius 3 is 1.47 bits per heavy atom. The van der Waals surface area contributed by atoms with Crippen molar-refractivity contribution in [3.8, 4) is 11.1 Å². The molecule has 0 atom stereocenters. The smallest absolute Gasteiger partial charge is 0.0181 e. The van der Waals surface area contributed by atoms with Gasteiger partial charge in [0.05, 0.1) is 0 Å². The fraction of sp³-hybridized carbons (Fsp3) is 0.368. The third-order valence-electron chi connectivity index (χ3n) is 2.13. The van der Waals surface area contributed by atoms with Crippen LogP contribution in [0.15, 0.2) is 54.6 Å². The molecule has 0 bridgehead atoms. The SMILES string of the molecule is CC.CC.CC.Cc1cccc(-c2ccccc2)c1. The summed E-state index contributed by atoms with van der Waals surface area (Å²) in [4.78, 5) is 0. The van der Waals surface area contributed by atoms with Crippen LogP contribution in [0.4, 0.5) is 0 Å². The molecule has 106 valence electrons. The second-order valence-corrected chi connectivity index (χ2v) is 3.24. The Bertz CT molecular complexity index is 388. The summed E-state index contributed by atoms with van der Waals surface area (Å²) < 4.78 is 0. The first kappa shape index (κ1) is 19.8. The molecule has 2 aromatic rings. The van der Waals surface area contributed by atoms with Gasteiger partial charge < -0.3 is 0 Å². The predicted molar refractivity (Wildman–Crippen MR) is 90.7 cm³/mol. The molecule has 0 fully saturated rings. The molecule has 0 aliphatic carbocycles. The molecule has 0 saturated heterocycles. The van der Waals surface area contributed by atoms with Crippen LogP contribution in [0.25, 0.3) is 11.1 Å². The molecule has 0 spiro atoms. The van der Waals surface area contributed by atoms with Crippen LogP contribution in [0.5, 0.6) is 0 Å². The summed E-state index contributed by atoms with van der Waals surface area (Å²) in [6.07, 6.45) is 0. The number of aryl methyl sites for hydroxylation is 1. The van der Waals surface area contributed by atoms with Crippen molar-refractivity contribution in [3.05, 3.63) is 60.2 Å². The molecule has 0 unspecified atom stereocenters. The monoisotopic (exact) mass is 258 g/mol. The Hall–Kier alpha value is -1.56. The minimum absolute atomic E-state index is 1.28. The molecule has 0 radical (unpaired) electrons. The van der Waals surface area contributed by atoms with Gasteiger partial charge in [-0.1, -0.05) is 102 Å². The Morgan fingerprint density at radius 1 is 0.526 bits per heavy atom. The normalized spacial score (nSPS) is 7.74. The highest BCUT2D eigenvalue weighted by Gasteiger charge is 1.94. The zero-order valence-corrected chi connectivity index (χ0v) is 13.7. The maximum absolute atomic E-state index is 2.20. The zero-order valence-electron chi connectivity index (χ0n) is 13.7. The highest BCUT2D eigenvalue weighted by Crippen LogP contribution is 2.19. The number of hydrogen-bond acceptors (Lipinski definition) is 0. The first-order chi connectivity index (χ1) is 9.36. The van der Waals surface area contributed by atoms with Crippen molar-refractivity contribution in [1.82, 2.24) is 0 Å². The average molecular weight is 258 g/mol. The molecule has 0 nitrogen and oxygen atoms in total. The second-order valence-electron chi connectivity index (χ2n) is 3.24. The first-order valence-electron chi connectivity index (χ1n) is 7.48. The number of hydrogen-bond donors (Lipinski definition) is 0. The van der Waals surface area contributed by atoms with E-state index < -0.39 is 0 Å². The maximum Gasteiger partial charge on any atom is -0.0181 e. The molecule has 0 heterocycles. The van der Waals surface area contributed by atoms with Gasteiger partial charge >= 0.3 is 0 Å². The van der Waals surface area contributed by atoms with Gasteiger partial charge in [0.15, 0.2) is 0 Å². The van der Waals surface area contributed by atoms with E-state index in [1.54, 1.807) is 0 Å². The lowest BCUT2D eigenvalue weighted by molar-refractivity contribution is 1.47. The van der Waals surface area contributed by atoms with Crippen molar-refractivity contribution in [2.24, 2.45) is 0 Å². The molecule has 0 amide bonds. The summed E-state index contributed by atoms with van der Waals surface area (Å²) >= 11 is 0. The van der Waals surface area contributed by atoms with Crippen LogP contribution in [0, 0.1) is 6.92 Å². The number of benzene rings is 2. The van der Waals surface area contributed by atoms with E-state index in [-0.39, 0.29) is 0 Å². The lowest BCUT2D eigenvalue weighted by Crippen LogP contribution is -1.77. The van der Waals surface area contributed by atoms with Crippen molar-refractivity contribution >= 4 is 0 Å². The summed E-state index contributed by atoms with van der Waals surface area (Å²) in [7, 11) is 0. The van der Waals surface area contributed by atoms with Gasteiger partial charge in [-0.25, -0.2) is 0 Å². The van der Waals surface area contributed by atoms with Gasteiger partial charge in [-0.3, -0.25) is 0 Å². The van der Waals surface area contributed by atoms with Crippen molar-refractivity contribution < 1.29 is 0 Å². The van der Waals surface area contributed by atoms with Gasteiger partial charge in [0.25, 0.3) is 0 Å². The molecule has 2 aromatic carbocycles. The lowest BCUT2D eigenvalue weighted by Gasteiger charge is -2.01. The van der Waals surface area contributed by atoms with Gasteiger partial charge in [0, 0.05) is 0 Å². The molecule has 19 heavy (non-hydrogen) atoms. The molecule has 2 rings (SSSR count). The van der Waals surface area contributed by atoms with Crippen molar-refractivity contribution in [2.45, 2.75) is 48.5 Å². The predicted octanol–water partition coefficient (Wildman–Crippen LogP) is 6.74. The zero-order chi connectivity index (χ0) is 15.1. The first-order valence-corrected chi connectivity index (χ1v) is 7.48. The van der Waals surface area contributed by atoms with Crippen molar-refractivity contribution in [1.29, 1.82) is 0 Å². The van der Waals surface area contributed by atoms with Crippen LogP contribution in [-0.4, -0.2) is 0 Å². The largest absolute Gasteiger partial charge is 0.0683 e. The van der Waals surface area contributed by atoms with Gasteiger partial charge in [0.1, 0.15) is 0 Å². The van der Waals surface area contributed by atoms with Gasteiger partial charge in [-0.05, 0) is 18.1 Å². The average Bonchev–Trinajstić information content (AvgIpc) is 2.54. The summed E-state index contributed by atoms with van der Waals surface area (Å²) in [5.74, 6) is 0. The minimum Gasteiger partial charge on any atom is -0.0683 e. The number of rotatable bonds is 1. The molecular formula is C19H30. The summed E-state index contributed by atoms with van der Waals surface area (Å²) in [6.45, 7) is 14.1. The van der Waals surface area contributed by atoms with Crippen LogP contribution in [-0.2, 0) is 0 Å². The van der Waals surface area contributed by atoms with Gasteiger partial charge in [-0.2, -0.15) is 0 Å². The highest BCUT2D eigenvalue weighted by atomic mass is 14.0. The Balaban J connectivity index is 0. The van der Waals surface area contributed by atoms with E-state index in [1.807, 2.05) is 47.6 Å². The van der Waals surface area contributed by atoms with Gasteiger partial charge in [0.2, 0.25) is 0 Å². The fourth-order valence-corrected chi connectivity index (χ4v) is 1.46. The molecular weight excluding hydrogens is 228 g/mol. The van der Waals surface area contributed by atoms with E-state index in [1.165, 1.54) is 16.7 Å². The molecule has 0 saturated carbocycles. The molecule has 0 aromatic heterocycles. The van der Waals surface area contributed by atoms with Crippen molar-refractivity contribution in [2.75, 3.05) is 0 Å². The van der Waals surface area contributed by atoms with E-state index in [0.717, 1.165) is 0 Å². The van der Waals surface area contributed by atoms with E-state index >= 15 is 0 Å². The van der Waals surface area contributed by atoms with Crippen LogP contribution in [0.2, 0.25) is 0 Å². The third-order valence-corrected chi connectivity index (χ3v) is 2.13. The highest BCUT2D eigenvalue weighted by molar-refractivity contribution is 5.63. The van der Waals surface area contributed by atoms with Gasteiger partial charge in [-0.15, -0.1) is 0 Å². The van der Waals surface area contributed by atoms with E-state index in [4.69, 9.17) is 0 Å². The second kappa shape index (κ2) is 14.5. The van der Waals surface area contributed by atoms with E-state index in [2.05, 4.69) is 55.5 Å². The van der Waals surface area contributed by atoms with Crippen LogP contribution >= 0.6 is 0 Å². The van der Waals surface area contributed by atoms with E-state index in [0.29, 0.717) is 0 Å². The van der Waals surface area contributed by atoms with E-state index in [9.17, 15) is 0 Å². The summed E-state index contributed by atoms with van der Waals surface area (Å²) in [5.41, 5.74) is 3.88. The molecule has 0 aliphatic rings. The molecule has 0 N–H and O–H groups in total. The standard InChI is InChI=1S/C13H12.3C2H6/c1-11-6-5-9-13(10-11)12-7-3-2-4-8-12;3*1-2/h2-10H,1H3;3*1-2H3. The quantitative estimate of drug-likeness (QED) is 0.531. The van der Waals surface area contributed by atoms with Crippen LogP contribution in [0.1, 0.15) is 47.1 Å². The Morgan fingerprint density at radius 2 is 1.00 bits per heavy atom. The van der Waals surface area contributed by atoms with Crippen LogP contribution in [0.3, 0.4) is 0 Å². The minimum atomic E-state index is 1.28. The van der Waals surface area contributed by atoms with Crippen LogP contribution < -0.4 is 0 Å². The fourth-order valence-electron chi connectivity index (χ4n) is 1.46. The Kier molecular flexibility index (Phi) is 15.1. The topological polar surface area (TPSA) is 0 Å². The third kappa shape index (κ3) is 8.20. The molecule has 0 aliphatic heterocycles. The summed E-state index contributed by atoms with van der Waals surface area (Å²) in [6, 6.07) is 19.0.